The zero-order valence-electron chi connectivity index (χ0n) is 6.87. The molecule has 0 bridgehead atoms. The Morgan fingerprint density at radius 2 is 2.33 bits per heavy atom. The molecule has 0 N–H and O–H groups in total. The van der Waals surface area contributed by atoms with Gasteiger partial charge < -0.3 is 4.74 Å². The molecule has 0 aliphatic rings. The monoisotopic (exact) mass is 159 g/mol. The molecule has 2 heteroatoms. The van der Waals surface area contributed by atoms with Gasteiger partial charge in [-0.2, -0.15) is 5.26 Å². The molecule has 0 saturated carbocycles. The minimum atomic E-state index is 0.595. The van der Waals surface area contributed by atoms with Crippen LogP contribution in [0.15, 0.2) is 24.8 Å². The molecule has 0 saturated heterocycles. The summed E-state index contributed by atoms with van der Waals surface area (Å²) < 4.78 is 5.06. The first-order chi connectivity index (χ1) is 5.81. The highest BCUT2D eigenvalue weighted by molar-refractivity contribution is 5.57. The quantitative estimate of drug-likeness (QED) is 0.662. The SMILES string of the molecule is C=Cc1ccc(C#N)cc1OC. The Hall–Kier alpha value is -1.75. The van der Waals surface area contributed by atoms with Gasteiger partial charge in [0.05, 0.1) is 18.7 Å². The van der Waals surface area contributed by atoms with Crippen molar-refractivity contribution in [2.45, 2.75) is 0 Å². The third-order valence-electron chi connectivity index (χ3n) is 1.58. The zero-order valence-corrected chi connectivity index (χ0v) is 6.87. The smallest absolute Gasteiger partial charge is 0.127 e. The van der Waals surface area contributed by atoms with Gasteiger partial charge in [-0.1, -0.05) is 12.7 Å². The van der Waals surface area contributed by atoms with Crippen molar-refractivity contribution in [3.05, 3.63) is 35.9 Å². The number of nitriles is 1. The molecule has 0 spiro atoms. The molecule has 0 atom stereocenters. The van der Waals surface area contributed by atoms with E-state index in [2.05, 4.69) is 6.58 Å². The molecule has 1 aromatic carbocycles. The summed E-state index contributed by atoms with van der Waals surface area (Å²) in [6, 6.07) is 7.28. The number of rotatable bonds is 2. The third kappa shape index (κ3) is 1.46. The van der Waals surface area contributed by atoms with E-state index in [9.17, 15) is 0 Å². The van der Waals surface area contributed by atoms with Crippen molar-refractivity contribution in [3.63, 3.8) is 0 Å². The summed E-state index contributed by atoms with van der Waals surface area (Å²) in [4.78, 5) is 0. The summed E-state index contributed by atoms with van der Waals surface area (Å²) in [6.07, 6.45) is 1.69. The van der Waals surface area contributed by atoms with Gasteiger partial charge in [0, 0.05) is 5.56 Å². The molecule has 0 aliphatic heterocycles. The number of hydrogen-bond acceptors (Lipinski definition) is 2. The molecule has 0 amide bonds. The van der Waals surface area contributed by atoms with E-state index in [0.717, 1.165) is 5.56 Å². The van der Waals surface area contributed by atoms with E-state index < -0.39 is 0 Å². The predicted molar refractivity (Wildman–Crippen MR) is 47.8 cm³/mol. The lowest BCUT2D eigenvalue weighted by atomic mass is 10.1. The van der Waals surface area contributed by atoms with Gasteiger partial charge in [0.25, 0.3) is 0 Å². The number of nitrogens with zero attached hydrogens (tertiary/aromatic N) is 1. The predicted octanol–water partition coefficient (Wildman–Crippen LogP) is 2.21. The minimum Gasteiger partial charge on any atom is -0.496 e. The van der Waals surface area contributed by atoms with Gasteiger partial charge in [0.2, 0.25) is 0 Å². The molecule has 0 unspecified atom stereocenters. The highest BCUT2D eigenvalue weighted by Crippen LogP contribution is 2.20. The first-order valence-corrected chi connectivity index (χ1v) is 3.52. The van der Waals surface area contributed by atoms with Crippen LogP contribution >= 0.6 is 0 Å². The van der Waals surface area contributed by atoms with E-state index >= 15 is 0 Å². The molecule has 1 aromatic rings. The van der Waals surface area contributed by atoms with E-state index in [-0.39, 0.29) is 0 Å². The summed E-state index contributed by atoms with van der Waals surface area (Å²) >= 11 is 0. The first kappa shape index (κ1) is 8.35. The molecule has 1 rings (SSSR count). The molecule has 0 aliphatic carbocycles. The first-order valence-electron chi connectivity index (χ1n) is 3.52. The largest absolute Gasteiger partial charge is 0.496 e. The average Bonchev–Trinajstić information content (AvgIpc) is 2.16. The summed E-state index contributed by atoms with van der Waals surface area (Å²) in [5.74, 6) is 0.684. The molecule has 0 fully saturated rings. The van der Waals surface area contributed by atoms with Gasteiger partial charge in [-0.05, 0) is 18.2 Å². The summed E-state index contributed by atoms with van der Waals surface area (Å²) in [7, 11) is 1.57. The number of methoxy groups -OCH3 is 1. The van der Waals surface area contributed by atoms with Crippen molar-refractivity contribution >= 4 is 6.08 Å². The third-order valence-corrected chi connectivity index (χ3v) is 1.58. The van der Waals surface area contributed by atoms with Crippen LogP contribution in [-0.2, 0) is 0 Å². The van der Waals surface area contributed by atoms with Crippen molar-refractivity contribution < 1.29 is 4.74 Å². The second-order valence-corrected chi connectivity index (χ2v) is 2.27. The van der Waals surface area contributed by atoms with Crippen molar-refractivity contribution in [1.82, 2.24) is 0 Å². The van der Waals surface area contributed by atoms with Crippen LogP contribution in [0.4, 0.5) is 0 Å². The van der Waals surface area contributed by atoms with Crippen LogP contribution in [0.3, 0.4) is 0 Å². The Kier molecular flexibility index (Phi) is 2.49. The Balaban J connectivity index is 3.21. The van der Waals surface area contributed by atoms with Crippen LogP contribution in [0.2, 0.25) is 0 Å². The van der Waals surface area contributed by atoms with Gasteiger partial charge in [0.15, 0.2) is 0 Å². The highest BCUT2D eigenvalue weighted by Gasteiger charge is 1.99. The number of benzene rings is 1. The van der Waals surface area contributed by atoms with E-state index in [1.54, 1.807) is 25.3 Å². The maximum Gasteiger partial charge on any atom is 0.127 e. The van der Waals surface area contributed by atoms with Crippen LogP contribution in [0.25, 0.3) is 6.08 Å². The van der Waals surface area contributed by atoms with Crippen LogP contribution < -0.4 is 4.74 Å². The molecule has 0 radical (unpaired) electrons. The summed E-state index contributed by atoms with van der Waals surface area (Å²) in [5.41, 5.74) is 1.49. The maximum absolute atomic E-state index is 8.59. The average molecular weight is 159 g/mol. The van der Waals surface area contributed by atoms with Gasteiger partial charge >= 0.3 is 0 Å². The van der Waals surface area contributed by atoms with Crippen molar-refractivity contribution in [3.8, 4) is 11.8 Å². The Labute approximate surface area is 71.7 Å². The fraction of sp³-hybridized carbons (Fsp3) is 0.100. The molecule has 0 heterocycles. The van der Waals surface area contributed by atoms with E-state index in [1.807, 2.05) is 12.1 Å². The summed E-state index contributed by atoms with van der Waals surface area (Å²) in [6.45, 7) is 3.63. The highest BCUT2D eigenvalue weighted by atomic mass is 16.5. The van der Waals surface area contributed by atoms with Gasteiger partial charge in [-0.15, -0.1) is 0 Å². The normalized spacial score (nSPS) is 8.67. The van der Waals surface area contributed by atoms with Crippen molar-refractivity contribution in [2.24, 2.45) is 0 Å². The summed E-state index contributed by atoms with van der Waals surface area (Å²) in [5, 5.41) is 8.59. The zero-order chi connectivity index (χ0) is 8.97. The van der Waals surface area contributed by atoms with Crippen molar-refractivity contribution in [1.29, 1.82) is 5.26 Å². The van der Waals surface area contributed by atoms with Crippen LogP contribution in [0.5, 0.6) is 5.75 Å². The van der Waals surface area contributed by atoms with Crippen molar-refractivity contribution in [2.75, 3.05) is 7.11 Å². The number of ether oxygens (including phenoxy) is 1. The van der Waals surface area contributed by atoms with Crippen LogP contribution in [0.1, 0.15) is 11.1 Å². The number of hydrogen-bond donors (Lipinski definition) is 0. The maximum atomic E-state index is 8.59. The lowest BCUT2D eigenvalue weighted by Gasteiger charge is -2.03. The standard InChI is InChI=1S/C10H9NO/c1-3-9-5-4-8(7-11)6-10(9)12-2/h3-6H,1H2,2H3. The molecular weight excluding hydrogens is 150 g/mol. The van der Waals surface area contributed by atoms with E-state index in [4.69, 9.17) is 10.00 Å². The topological polar surface area (TPSA) is 33.0 Å². The Morgan fingerprint density at radius 3 is 2.83 bits per heavy atom. The lowest BCUT2D eigenvalue weighted by molar-refractivity contribution is 0.413. The molecule has 12 heavy (non-hydrogen) atoms. The lowest BCUT2D eigenvalue weighted by Crippen LogP contribution is -1.87. The van der Waals surface area contributed by atoms with Gasteiger partial charge in [-0.3, -0.25) is 0 Å². The fourth-order valence-corrected chi connectivity index (χ4v) is 0.949. The van der Waals surface area contributed by atoms with Gasteiger partial charge in [-0.25, -0.2) is 0 Å². The Bertz CT molecular complexity index is 336. The van der Waals surface area contributed by atoms with Gasteiger partial charge in [0.1, 0.15) is 5.75 Å². The van der Waals surface area contributed by atoms with E-state index in [1.165, 1.54) is 0 Å². The van der Waals surface area contributed by atoms with Crippen LogP contribution in [0, 0.1) is 11.3 Å². The van der Waals surface area contributed by atoms with Crippen LogP contribution in [-0.4, -0.2) is 7.11 Å². The molecule has 0 aromatic heterocycles. The Morgan fingerprint density at radius 1 is 1.58 bits per heavy atom. The molecule has 2 nitrogen and oxygen atoms in total. The molecule has 60 valence electrons. The molecular formula is C10H9NO. The fourth-order valence-electron chi connectivity index (χ4n) is 0.949. The van der Waals surface area contributed by atoms with E-state index in [0.29, 0.717) is 11.3 Å². The minimum absolute atomic E-state index is 0.595. The second-order valence-electron chi connectivity index (χ2n) is 2.27. The second kappa shape index (κ2) is 3.59.